The molecule has 0 saturated carbocycles. The van der Waals surface area contributed by atoms with Crippen molar-refractivity contribution in [2.45, 2.75) is 18.8 Å². The molecule has 3 aromatic carbocycles. The van der Waals surface area contributed by atoms with Crippen LogP contribution in [-0.2, 0) is 14.4 Å². The topological polar surface area (TPSA) is 57.7 Å². The van der Waals surface area contributed by atoms with E-state index in [4.69, 9.17) is 0 Å². The molecule has 0 unspecified atom stereocenters. The highest BCUT2D eigenvalue weighted by Crippen LogP contribution is 2.60. The summed E-state index contributed by atoms with van der Waals surface area (Å²) in [6.45, 7) is 1.40. The highest BCUT2D eigenvalue weighted by molar-refractivity contribution is 6.08. The number of imide groups is 1. The average Bonchev–Trinajstić information content (AvgIpc) is 3.08. The molecule has 0 N–H and O–H groups in total. The van der Waals surface area contributed by atoms with Crippen LogP contribution >= 0.6 is 0 Å². The van der Waals surface area contributed by atoms with Gasteiger partial charge in [0.1, 0.15) is 6.67 Å². The van der Waals surface area contributed by atoms with Crippen molar-refractivity contribution in [2.75, 3.05) is 11.6 Å². The minimum Gasteiger partial charge on any atom is -0.294 e. The van der Waals surface area contributed by atoms with E-state index in [0.29, 0.717) is 5.69 Å². The summed E-state index contributed by atoms with van der Waals surface area (Å²) in [5.74, 6) is -1.70. The molecule has 158 valence electrons. The van der Waals surface area contributed by atoms with Crippen molar-refractivity contribution in [3.63, 3.8) is 0 Å². The summed E-state index contributed by atoms with van der Waals surface area (Å²) < 4.78 is 0. The Bertz CT molecular complexity index is 1150. The lowest BCUT2D eigenvalue weighted by Crippen LogP contribution is -2.44. The number of para-hydroxylation sites is 1. The predicted octanol–water partition coefficient (Wildman–Crippen LogP) is 3.89. The van der Waals surface area contributed by atoms with E-state index < -0.39 is 11.8 Å². The summed E-state index contributed by atoms with van der Waals surface area (Å²) >= 11 is 0. The number of nitrogens with zero attached hydrogens (tertiary/aromatic N) is 2. The third-order valence-corrected chi connectivity index (χ3v) is 7.27. The van der Waals surface area contributed by atoms with Gasteiger partial charge in [0.05, 0.1) is 11.8 Å². The Morgan fingerprint density at radius 3 is 1.53 bits per heavy atom. The molecule has 5 nitrogen and oxygen atoms in total. The van der Waals surface area contributed by atoms with Gasteiger partial charge in [-0.3, -0.25) is 24.2 Å². The zero-order chi connectivity index (χ0) is 22.0. The molecule has 1 aliphatic heterocycles. The van der Waals surface area contributed by atoms with Crippen LogP contribution in [0.15, 0.2) is 78.9 Å². The number of hydrogen-bond acceptors (Lipinski definition) is 3. The summed E-state index contributed by atoms with van der Waals surface area (Å²) in [6, 6.07) is 25.5. The highest BCUT2D eigenvalue weighted by atomic mass is 16.2. The van der Waals surface area contributed by atoms with E-state index in [1.807, 2.05) is 54.6 Å². The number of rotatable bonds is 3. The smallest absolute Gasteiger partial charge is 0.235 e. The van der Waals surface area contributed by atoms with Crippen molar-refractivity contribution in [3.05, 3.63) is 101 Å². The van der Waals surface area contributed by atoms with E-state index in [1.54, 1.807) is 0 Å². The number of hydrogen-bond donors (Lipinski definition) is 0. The highest BCUT2D eigenvalue weighted by Gasteiger charge is 2.61. The van der Waals surface area contributed by atoms with Gasteiger partial charge in [0.15, 0.2) is 0 Å². The van der Waals surface area contributed by atoms with E-state index in [1.165, 1.54) is 16.7 Å². The van der Waals surface area contributed by atoms with E-state index in [2.05, 4.69) is 24.3 Å². The number of carbonyl (C=O) groups is 3. The molecule has 2 atom stereocenters. The van der Waals surface area contributed by atoms with Gasteiger partial charge in [-0.2, -0.15) is 0 Å². The standard InChI is InChI=1S/C27H22N2O3/c1-16(30)28(17-9-3-2-4-10-17)15-29-26(31)24-22-18-11-5-6-12-19(18)23(25(24)27(29)32)21-14-8-7-13-20(21)22/h2-14,22-25H,15H2,1H3/t22?,23?,24-,25-/m1/s1. The molecule has 5 heteroatoms. The quantitative estimate of drug-likeness (QED) is 0.602. The van der Waals surface area contributed by atoms with E-state index in [-0.39, 0.29) is 36.2 Å². The molecule has 0 spiro atoms. The summed E-state index contributed by atoms with van der Waals surface area (Å²) in [5.41, 5.74) is 5.25. The Hall–Kier alpha value is -3.73. The molecule has 3 aromatic rings. The van der Waals surface area contributed by atoms with E-state index in [9.17, 15) is 14.4 Å². The fraction of sp³-hybridized carbons (Fsp3) is 0.222. The first-order valence-corrected chi connectivity index (χ1v) is 10.9. The van der Waals surface area contributed by atoms with Crippen LogP contribution in [0.5, 0.6) is 0 Å². The van der Waals surface area contributed by atoms with Gasteiger partial charge in [0.2, 0.25) is 17.7 Å². The van der Waals surface area contributed by atoms with Crippen LogP contribution in [0, 0.1) is 11.8 Å². The normalized spacial score (nSPS) is 24.7. The minimum absolute atomic E-state index is 0.0594. The Labute approximate surface area is 186 Å². The fourth-order valence-corrected chi connectivity index (χ4v) is 5.99. The van der Waals surface area contributed by atoms with Gasteiger partial charge in [-0.05, 0) is 34.4 Å². The van der Waals surface area contributed by atoms with Gasteiger partial charge in [-0.25, -0.2) is 0 Å². The van der Waals surface area contributed by atoms with Crippen molar-refractivity contribution in [1.29, 1.82) is 0 Å². The molecule has 7 rings (SSSR count). The Morgan fingerprint density at radius 1 is 0.719 bits per heavy atom. The van der Waals surface area contributed by atoms with Crippen molar-refractivity contribution >= 4 is 23.4 Å². The second-order valence-electron chi connectivity index (χ2n) is 8.79. The first-order chi connectivity index (χ1) is 15.6. The minimum atomic E-state index is -0.429. The molecular formula is C27H22N2O3. The average molecular weight is 422 g/mol. The molecule has 2 bridgehead atoms. The lowest BCUT2D eigenvalue weighted by atomic mass is 9.55. The Balaban J connectivity index is 1.44. The van der Waals surface area contributed by atoms with Gasteiger partial charge in [-0.15, -0.1) is 0 Å². The lowest BCUT2D eigenvalue weighted by Gasteiger charge is -2.45. The molecular weight excluding hydrogens is 400 g/mol. The van der Waals surface area contributed by atoms with Crippen LogP contribution in [-0.4, -0.2) is 29.3 Å². The maximum absolute atomic E-state index is 13.7. The monoisotopic (exact) mass is 422 g/mol. The summed E-state index contributed by atoms with van der Waals surface area (Å²) in [4.78, 5) is 42.7. The molecule has 4 aliphatic rings. The van der Waals surface area contributed by atoms with Crippen LogP contribution in [0.25, 0.3) is 0 Å². The van der Waals surface area contributed by atoms with E-state index >= 15 is 0 Å². The summed E-state index contributed by atoms with van der Waals surface area (Å²) in [7, 11) is 0. The third kappa shape index (κ3) is 2.48. The largest absolute Gasteiger partial charge is 0.294 e. The van der Waals surface area contributed by atoms with Crippen molar-refractivity contribution in [3.8, 4) is 0 Å². The van der Waals surface area contributed by atoms with Crippen LogP contribution in [0.2, 0.25) is 0 Å². The van der Waals surface area contributed by atoms with Crippen LogP contribution in [0.3, 0.4) is 0 Å². The molecule has 1 heterocycles. The Morgan fingerprint density at radius 2 is 1.12 bits per heavy atom. The zero-order valence-corrected chi connectivity index (χ0v) is 17.6. The first kappa shape index (κ1) is 19.0. The number of benzene rings is 3. The van der Waals surface area contributed by atoms with Crippen molar-refractivity contribution in [1.82, 2.24) is 4.90 Å². The maximum Gasteiger partial charge on any atom is 0.235 e. The molecule has 3 amide bonds. The van der Waals surface area contributed by atoms with Gasteiger partial charge < -0.3 is 0 Å². The number of carbonyl (C=O) groups excluding carboxylic acids is 3. The van der Waals surface area contributed by atoms with Crippen LogP contribution < -0.4 is 4.90 Å². The van der Waals surface area contributed by atoms with Gasteiger partial charge >= 0.3 is 0 Å². The van der Waals surface area contributed by atoms with Gasteiger partial charge in [0.25, 0.3) is 0 Å². The zero-order valence-electron chi connectivity index (χ0n) is 17.6. The van der Waals surface area contributed by atoms with Crippen LogP contribution in [0.1, 0.15) is 41.0 Å². The van der Waals surface area contributed by atoms with Crippen LogP contribution in [0.4, 0.5) is 5.69 Å². The van der Waals surface area contributed by atoms with E-state index in [0.717, 1.165) is 22.3 Å². The molecule has 1 saturated heterocycles. The van der Waals surface area contributed by atoms with Crippen molar-refractivity contribution in [2.24, 2.45) is 11.8 Å². The maximum atomic E-state index is 13.7. The number of amides is 3. The summed E-state index contributed by atoms with van der Waals surface area (Å²) in [5, 5.41) is 0. The second kappa shape index (κ2) is 6.89. The molecule has 0 radical (unpaired) electrons. The molecule has 1 fully saturated rings. The van der Waals surface area contributed by atoms with Gasteiger partial charge in [0, 0.05) is 24.4 Å². The lowest BCUT2D eigenvalue weighted by molar-refractivity contribution is -0.140. The first-order valence-electron chi connectivity index (χ1n) is 10.9. The number of likely N-dealkylation sites (tertiary alicyclic amines) is 1. The Kier molecular flexibility index (Phi) is 4.09. The second-order valence-corrected chi connectivity index (χ2v) is 8.79. The van der Waals surface area contributed by atoms with Gasteiger partial charge in [-0.1, -0.05) is 66.7 Å². The predicted molar refractivity (Wildman–Crippen MR) is 120 cm³/mol. The van der Waals surface area contributed by atoms with Crippen molar-refractivity contribution < 1.29 is 14.4 Å². The molecule has 0 aromatic heterocycles. The fourth-order valence-electron chi connectivity index (χ4n) is 5.99. The SMILES string of the molecule is CC(=O)N(CN1C(=O)[C@@H]2C3c4ccccc4C(c4ccccc43)[C@H]2C1=O)c1ccccc1. The molecule has 3 aliphatic carbocycles. The number of anilines is 1. The molecule has 32 heavy (non-hydrogen) atoms. The third-order valence-electron chi connectivity index (χ3n) is 7.27. The summed E-state index contributed by atoms with van der Waals surface area (Å²) in [6.07, 6.45) is 0.